The van der Waals surface area contributed by atoms with E-state index in [2.05, 4.69) is 106 Å². The predicted octanol–water partition coefficient (Wildman–Crippen LogP) is 21.9. The quantitative estimate of drug-likeness (QED) is 0.0261. The molecule has 6 nitrogen and oxygen atoms in total. The first-order valence-electron chi connectivity index (χ1n) is 32.1. The maximum atomic E-state index is 12.9. The monoisotopic (exact) mass is 1040 g/mol. The summed E-state index contributed by atoms with van der Waals surface area (Å²) in [6, 6.07) is 0. The van der Waals surface area contributed by atoms with Crippen molar-refractivity contribution in [2.45, 2.75) is 322 Å². The molecule has 0 bridgehead atoms. The normalized spacial score (nSPS) is 12.6. The minimum absolute atomic E-state index is 0.0858. The fourth-order valence-corrected chi connectivity index (χ4v) is 8.97. The van der Waals surface area contributed by atoms with Crippen molar-refractivity contribution in [3.05, 3.63) is 85.1 Å². The van der Waals surface area contributed by atoms with Crippen molar-refractivity contribution >= 4 is 17.9 Å². The maximum Gasteiger partial charge on any atom is 0.306 e. The topological polar surface area (TPSA) is 78.9 Å². The zero-order valence-electron chi connectivity index (χ0n) is 49.6. The number of rotatable bonds is 58. The lowest BCUT2D eigenvalue weighted by molar-refractivity contribution is -0.167. The van der Waals surface area contributed by atoms with Crippen molar-refractivity contribution in [1.29, 1.82) is 0 Å². The van der Waals surface area contributed by atoms with Gasteiger partial charge in [-0.3, -0.25) is 14.4 Å². The van der Waals surface area contributed by atoms with Crippen LogP contribution in [0.5, 0.6) is 0 Å². The van der Waals surface area contributed by atoms with Crippen LogP contribution in [0.1, 0.15) is 316 Å². The largest absolute Gasteiger partial charge is 0.462 e. The molecule has 0 saturated heterocycles. The van der Waals surface area contributed by atoms with Crippen LogP contribution in [0, 0.1) is 0 Å². The number of carbonyl (C=O) groups excluding carboxylic acids is 3. The van der Waals surface area contributed by atoms with Crippen LogP contribution in [0.3, 0.4) is 0 Å². The number of allylic oxidation sites excluding steroid dienone is 14. The van der Waals surface area contributed by atoms with E-state index in [9.17, 15) is 14.4 Å². The zero-order chi connectivity index (χ0) is 54.3. The van der Waals surface area contributed by atoms with Gasteiger partial charge in [0.2, 0.25) is 0 Å². The Hall–Kier alpha value is -3.41. The molecule has 0 amide bonds. The number of esters is 3. The van der Waals surface area contributed by atoms with Crippen molar-refractivity contribution in [2.24, 2.45) is 0 Å². The van der Waals surface area contributed by atoms with Crippen LogP contribution in [-0.2, 0) is 28.6 Å². The van der Waals surface area contributed by atoms with Gasteiger partial charge in [-0.05, 0) is 116 Å². The number of unbranched alkanes of at least 4 members (excludes halogenated alkanes) is 33. The van der Waals surface area contributed by atoms with Gasteiger partial charge in [0.1, 0.15) is 13.2 Å². The molecule has 0 spiro atoms. The van der Waals surface area contributed by atoms with Gasteiger partial charge in [-0.1, -0.05) is 266 Å². The van der Waals surface area contributed by atoms with Gasteiger partial charge in [0.25, 0.3) is 0 Å². The summed E-state index contributed by atoms with van der Waals surface area (Å²) in [6.45, 7) is 6.58. The summed E-state index contributed by atoms with van der Waals surface area (Å²) in [5.41, 5.74) is 0. The molecule has 6 heteroatoms. The Morgan fingerprint density at radius 3 is 0.800 bits per heavy atom. The van der Waals surface area contributed by atoms with Gasteiger partial charge in [-0.15, -0.1) is 0 Å². The molecule has 0 aliphatic carbocycles. The summed E-state index contributed by atoms with van der Waals surface area (Å²) in [7, 11) is 0. The molecule has 0 rings (SSSR count). The molecule has 0 N–H and O–H groups in total. The summed E-state index contributed by atoms with van der Waals surface area (Å²) in [4.78, 5) is 38.3. The molecule has 432 valence electrons. The van der Waals surface area contributed by atoms with Crippen LogP contribution in [0.15, 0.2) is 85.1 Å². The standard InChI is InChI=1S/C69H120O6/c1-4-7-10-13-16-19-22-25-28-30-32-33-34-35-36-37-38-40-41-44-47-50-53-56-59-62-68(71)74-65-66(64-73-67(70)61-58-55-52-49-46-43-27-24-21-18-15-12-9-6-3)75-69(72)63-60-57-54-51-48-45-42-39-31-29-26-23-20-17-14-11-8-5-2/h15,18,20,22-25,27,29-32,34-35,66H,4-14,16-17,19,21,26,28,33,36-65H2,1-3H3/b18-15-,23-20-,25-22-,27-24-,31-29-,32-30-,35-34-. The molecule has 0 radical (unpaired) electrons. The average molecular weight is 1050 g/mol. The summed E-state index contributed by atoms with van der Waals surface area (Å²) >= 11 is 0. The Labute approximate surface area is 465 Å². The Bertz CT molecular complexity index is 1430. The molecule has 0 saturated carbocycles. The third kappa shape index (κ3) is 61.3. The highest BCUT2D eigenvalue weighted by atomic mass is 16.6. The maximum absolute atomic E-state index is 12.9. The second-order valence-electron chi connectivity index (χ2n) is 21.3. The van der Waals surface area contributed by atoms with Gasteiger partial charge >= 0.3 is 17.9 Å². The Balaban J connectivity index is 4.35. The number of hydrogen-bond acceptors (Lipinski definition) is 6. The molecule has 0 aromatic heterocycles. The van der Waals surface area contributed by atoms with Crippen molar-refractivity contribution in [2.75, 3.05) is 13.2 Å². The van der Waals surface area contributed by atoms with E-state index >= 15 is 0 Å². The minimum Gasteiger partial charge on any atom is -0.462 e. The van der Waals surface area contributed by atoms with Gasteiger partial charge in [-0.25, -0.2) is 0 Å². The van der Waals surface area contributed by atoms with Gasteiger partial charge in [-0.2, -0.15) is 0 Å². The lowest BCUT2D eigenvalue weighted by atomic mass is 10.1. The number of hydrogen-bond donors (Lipinski definition) is 0. The fraction of sp³-hybridized carbons (Fsp3) is 0.754. The Morgan fingerprint density at radius 2 is 0.493 bits per heavy atom. The molecular formula is C69H120O6. The lowest BCUT2D eigenvalue weighted by Gasteiger charge is -2.18. The van der Waals surface area contributed by atoms with E-state index in [4.69, 9.17) is 14.2 Å². The van der Waals surface area contributed by atoms with E-state index < -0.39 is 6.10 Å². The Morgan fingerprint density at radius 1 is 0.267 bits per heavy atom. The van der Waals surface area contributed by atoms with Gasteiger partial charge in [0, 0.05) is 19.3 Å². The van der Waals surface area contributed by atoms with Crippen LogP contribution in [0.2, 0.25) is 0 Å². The number of ether oxygens (including phenoxy) is 3. The fourth-order valence-electron chi connectivity index (χ4n) is 8.97. The highest BCUT2D eigenvalue weighted by Gasteiger charge is 2.19. The average Bonchev–Trinajstić information content (AvgIpc) is 3.41. The van der Waals surface area contributed by atoms with Gasteiger partial charge in [0.15, 0.2) is 6.10 Å². The highest BCUT2D eigenvalue weighted by molar-refractivity contribution is 5.71. The predicted molar refractivity (Wildman–Crippen MR) is 325 cm³/mol. The van der Waals surface area contributed by atoms with E-state index in [-0.39, 0.29) is 31.1 Å². The Kier molecular flexibility index (Phi) is 60.3. The molecule has 0 aliphatic rings. The van der Waals surface area contributed by atoms with E-state index in [1.54, 1.807) is 0 Å². The summed E-state index contributed by atoms with van der Waals surface area (Å²) in [5, 5.41) is 0. The van der Waals surface area contributed by atoms with Crippen molar-refractivity contribution in [1.82, 2.24) is 0 Å². The first-order chi connectivity index (χ1) is 37.0. The third-order valence-corrected chi connectivity index (χ3v) is 13.8. The van der Waals surface area contributed by atoms with Crippen LogP contribution in [-0.4, -0.2) is 37.2 Å². The minimum atomic E-state index is -0.790. The second-order valence-corrected chi connectivity index (χ2v) is 21.3. The van der Waals surface area contributed by atoms with Crippen molar-refractivity contribution < 1.29 is 28.6 Å². The molecule has 0 aromatic carbocycles. The molecular weight excluding hydrogens is 925 g/mol. The molecule has 0 aliphatic heterocycles. The number of carbonyl (C=O) groups is 3. The summed E-state index contributed by atoms with van der Waals surface area (Å²) in [6.07, 6.45) is 82.9. The van der Waals surface area contributed by atoms with Gasteiger partial charge < -0.3 is 14.2 Å². The van der Waals surface area contributed by atoms with Crippen LogP contribution in [0.25, 0.3) is 0 Å². The molecule has 1 atom stereocenters. The van der Waals surface area contributed by atoms with E-state index in [0.29, 0.717) is 19.3 Å². The van der Waals surface area contributed by atoms with Crippen LogP contribution >= 0.6 is 0 Å². The molecule has 0 fully saturated rings. The molecule has 75 heavy (non-hydrogen) atoms. The smallest absolute Gasteiger partial charge is 0.306 e. The van der Waals surface area contributed by atoms with E-state index in [1.165, 1.54) is 173 Å². The van der Waals surface area contributed by atoms with Crippen LogP contribution in [0.4, 0.5) is 0 Å². The molecule has 1 unspecified atom stereocenters. The van der Waals surface area contributed by atoms with E-state index in [0.717, 1.165) is 103 Å². The zero-order valence-corrected chi connectivity index (χ0v) is 49.6. The molecule has 0 heterocycles. The van der Waals surface area contributed by atoms with Crippen LogP contribution < -0.4 is 0 Å². The van der Waals surface area contributed by atoms with Gasteiger partial charge in [0.05, 0.1) is 0 Å². The first kappa shape index (κ1) is 71.6. The first-order valence-corrected chi connectivity index (χ1v) is 32.1. The SMILES string of the molecule is CCCC/C=C\C/C=C\CCCCCCCC(=O)OCC(COC(=O)CCCCCCCCCCCC/C=C\C/C=C\C/C=C\CCCCCCC)OC(=O)CCCCCCCCC/C=C\C/C=C\CCCCCC. The van der Waals surface area contributed by atoms with Crippen molar-refractivity contribution in [3.8, 4) is 0 Å². The highest BCUT2D eigenvalue weighted by Crippen LogP contribution is 2.16. The third-order valence-electron chi connectivity index (χ3n) is 13.8. The van der Waals surface area contributed by atoms with E-state index in [1.807, 2.05) is 0 Å². The summed E-state index contributed by atoms with van der Waals surface area (Å²) in [5.74, 6) is -0.901. The summed E-state index contributed by atoms with van der Waals surface area (Å²) < 4.78 is 16.9. The lowest BCUT2D eigenvalue weighted by Crippen LogP contribution is -2.30. The van der Waals surface area contributed by atoms with Crippen molar-refractivity contribution in [3.63, 3.8) is 0 Å². The molecule has 0 aromatic rings. The second kappa shape index (κ2) is 63.1.